The summed E-state index contributed by atoms with van der Waals surface area (Å²) in [6.45, 7) is 3.94. The molecule has 0 bridgehead atoms. The molecular weight excluding hydrogens is 522 g/mol. The number of carbonyl (C=O) groups is 1. The summed E-state index contributed by atoms with van der Waals surface area (Å²) < 4.78 is 0. The molecule has 0 saturated carbocycles. The van der Waals surface area contributed by atoms with Gasteiger partial charge in [0.25, 0.3) is 0 Å². The van der Waals surface area contributed by atoms with Crippen molar-refractivity contribution in [1.82, 2.24) is 5.32 Å². The molecule has 5 heteroatoms. The van der Waals surface area contributed by atoms with Gasteiger partial charge in [-0.3, -0.25) is 4.79 Å². The van der Waals surface area contributed by atoms with Gasteiger partial charge in [0.15, 0.2) is 0 Å². The Balaban J connectivity index is 3.75. The highest BCUT2D eigenvalue weighted by atomic mass is 16.3. The van der Waals surface area contributed by atoms with E-state index in [-0.39, 0.29) is 18.9 Å². The van der Waals surface area contributed by atoms with Crippen LogP contribution in [0.3, 0.4) is 0 Å². The predicted octanol–water partition coefficient (Wildman–Crippen LogP) is 9.03. The van der Waals surface area contributed by atoms with Gasteiger partial charge in [0, 0.05) is 0 Å². The lowest BCUT2D eigenvalue weighted by atomic mass is 10.0. The van der Waals surface area contributed by atoms with Crippen molar-refractivity contribution in [2.45, 2.75) is 173 Å². The first-order valence-electron chi connectivity index (χ1n) is 17.4. The van der Waals surface area contributed by atoms with Crippen LogP contribution >= 0.6 is 0 Å². The summed E-state index contributed by atoms with van der Waals surface area (Å²) in [4.78, 5) is 12.3. The van der Waals surface area contributed by atoms with Crippen molar-refractivity contribution < 1.29 is 20.1 Å². The lowest BCUT2D eigenvalue weighted by molar-refractivity contribution is -0.124. The normalized spacial score (nSPS) is 14.5. The second kappa shape index (κ2) is 32.2. The average molecular weight is 590 g/mol. The molecular formula is C37H67NO4. The molecule has 3 unspecified atom stereocenters. The van der Waals surface area contributed by atoms with E-state index in [1.165, 1.54) is 77.0 Å². The fourth-order valence-electron chi connectivity index (χ4n) is 4.96. The maximum absolute atomic E-state index is 12.3. The lowest BCUT2D eigenvalue weighted by Gasteiger charge is -2.20. The van der Waals surface area contributed by atoms with Crippen LogP contribution < -0.4 is 5.32 Å². The Bertz CT molecular complexity index is 700. The quantitative estimate of drug-likeness (QED) is 0.0497. The fourth-order valence-corrected chi connectivity index (χ4v) is 4.96. The zero-order valence-electron chi connectivity index (χ0n) is 27.4. The molecule has 0 heterocycles. The van der Waals surface area contributed by atoms with Crippen LogP contribution in [0.1, 0.15) is 155 Å². The molecule has 244 valence electrons. The topological polar surface area (TPSA) is 89.8 Å². The number of hydrogen-bond acceptors (Lipinski definition) is 4. The minimum Gasteiger partial charge on any atom is -0.394 e. The predicted molar refractivity (Wildman–Crippen MR) is 181 cm³/mol. The molecule has 3 atom stereocenters. The van der Waals surface area contributed by atoms with Gasteiger partial charge in [-0.15, -0.1) is 0 Å². The molecule has 0 aromatic carbocycles. The van der Waals surface area contributed by atoms with Crippen LogP contribution in [0, 0.1) is 0 Å². The maximum atomic E-state index is 12.3. The SMILES string of the molecule is C/C=C/CC/C=C/CC/C=C/C(O)C(CO)NC(=O)CC(O)CCCCCCC/C=C\CCCCCCCCCCC. The van der Waals surface area contributed by atoms with E-state index in [0.29, 0.717) is 6.42 Å². The third-order valence-corrected chi connectivity index (χ3v) is 7.66. The Kier molecular flexibility index (Phi) is 30.9. The standard InChI is InChI=1S/C37H67NO4/c1-3-5-7-9-11-13-14-15-16-17-18-19-20-21-23-24-26-28-30-34(40)32-37(42)38-35(33-39)36(41)31-29-27-25-22-12-10-8-6-4-2/h4,6,12,18-19,22,29,31,34-36,39-41H,3,5,7-11,13-17,20-21,23-28,30,32-33H2,1-2H3,(H,38,42)/b6-4+,19-18-,22-12+,31-29+. The maximum Gasteiger partial charge on any atom is 0.222 e. The molecule has 0 aromatic rings. The Labute approximate surface area is 259 Å². The van der Waals surface area contributed by atoms with Crippen molar-refractivity contribution in [3.8, 4) is 0 Å². The summed E-state index contributed by atoms with van der Waals surface area (Å²) in [6.07, 6.45) is 39.7. The second-order valence-corrected chi connectivity index (χ2v) is 11.8. The smallest absolute Gasteiger partial charge is 0.222 e. The summed E-state index contributed by atoms with van der Waals surface area (Å²) in [5.74, 6) is -0.341. The number of aliphatic hydroxyl groups excluding tert-OH is 3. The molecule has 4 N–H and O–H groups in total. The molecule has 0 aromatic heterocycles. The lowest BCUT2D eigenvalue weighted by Crippen LogP contribution is -2.45. The molecule has 0 aliphatic carbocycles. The molecule has 1 amide bonds. The fraction of sp³-hybridized carbons (Fsp3) is 0.757. The molecule has 42 heavy (non-hydrogen) atoms. The second-order valence-electron chi connectivity index (χ2n) is 11.8. The Morgan fingerprint density at radius 3 is 1.67 bits per heavy atom. The molecule has 0 rings (SSSR count). The van der Waals surface area contributed by atoms with Crippen LogP contribution in [-0.4, -0.2) is 46.1 Å². The molecule has 5 nitrogen and oxygen atoms in total. The number of amides is 1. The third kappa shape index (κ3) is 28.4. The van der Waals surface area contributed by atoms with E-state index in [1.807, 2.05) is 13.0 Å². The van der Waals surface area contributed by atoms with E-state index in [9.17, 15) is 20.1 Å². The number of rotatable bonds is 30. The summed E-state index contributed by atoms with van der Waals surface area (Å²) in [5.41, 5.74) is 0. The number of hydrogen-bond donors (Lipinski definition) is 4. The summed E-state index contributed by atoms with van der Waals surface area (Å²) >= 11 is 0. The van der Waals surface area contributed by atoms with E-state index in [2.05, 4.69) is 48.7 Å². The van der Waals surface area contributed by atoms with Crippen molar-refractivity contribution in [3.05, 3.63) is 48.6 Å². The van der Waals surface area contributed by atoms with Crippen molar-refractivity contribution in [3.63, 3.8) is 0 Å². The Morgan fingerprint density at radius 1 is 0.643 bits per heavy atom. The van der Waals surface area contributed by atoms with E-state index in [1.54, 1.807) is 6.08 Å². The summed E-state index contributed by atoms with van der Waals surface area (Å²) in [6, 6.07) is -0.767. The monoisotopic (exact) mass is 590 g/mol. The largest absolute Gasteiger partial charge is 0.394 e. The number of unbranched alkanes of at least 4 members (excludes halogenated alkanes) is 16. The minimum absolute atomic E-state index is 0.00526. The van der Waals surface area contributed by atoms with E-state index < -0.39 is 18.2 Å². The van der Waals surface area contributed by atoms with Crippen molar-refractivity contribution in [2.24, 2.45) is 0 Å². The number of carbonyl (C=O) groups excluding carboxylic acids is 1. The molecule has 0 aliphatic rings. The van der Waals surface area contributed by atoms with Gasteiger partial charge in [-0.1, -0.05) is 133 Å². The van der Waals surface area contributed by atoms with Crippen LogP contribution in [0.25, 0.3) is 0 Å². The van der Waals surface area contributed by atoms with Crippen LogP contribution in [0.5, 0.6) is 0 Å². The van der Waals surface area contributed by atoms with Gasteiger partial charge in [-0.05, 0) is 64.7 Å². The van der Waals surface area contributed by atoms with E-state index in [0.717, 1.165) is 51.4 Å². The van der Waals surface area contributed by atoms with E-state index >= 15 is 0 Å². The molecule has 0 radical (unpaired) electrons. The highest BCUT2D eigenvalue weighted by molar-refractivity contribution is 5.76. The van der Waals surface area contributed by atoms with Gasteiger partial charge in [0.05, 0.1) is 31.3 Å². The first-order chi connectivity index (χ1) is 20.5. The first-order valence-corrected chi connectivity index (χ1v) is 17.4. The molecule has 0 spiro atoms. The number of aliphatic hydroxyl groups is 3. The highest BCUT2D eigenvalue weighted by Crippen LogP contribution is 2.13. The van der Waals surface area contributed by atoms with Gasteiger partial charge >= 0.3 is 0 Å². The zero-order valence-corrected chi connectivity index (χ0v) is 27.4. The zero-order chi connectivity index (χ0) is 30.9. The minimum atomic E-state index is -0.959. The molecule has 0 aliphatic heterocycles. The molecule has 0 fully saturated rings. The third-order valence-electron chi connectivity index (χ3n) is 7.66. The van der Waals surface area contributed by atoms with Gasteiger partial charge in [-0.25, -0.2) is 0 Å². The van der Waals surface area contributed by atoms with Crippen LogP contribution in [0.4, 0.5) is 0 Å². The molecule has 0 saturated heterocycles. The van der Waals surface area contributed by atoms with Crippen LogP contribution in [0.15, 0.2) is 48.6 Å². The first kappa shape index (κ1) is 40.3. The van der Waals surface area contributed by atoms with Gasteiger partial charge in [0.1, 0.15) is 0 Å². The van der Waals surface area contributed by atoms with Crippen LogP contribution in [-0.2, 0) is 4.79 Å². The van der Waals surface area contributed by atoms with Gasteiger partial charge < -0.3 is 20.6 Å². The summed E-state index contributed by atoms with van der Waals surface area (Å²) in [5, 5.41) is 32.8. The summed E-state index contributed by atoms with van der Waals surface area (Å²) in [7, 11) is 0. The Morgan fingerprint density at radius 2 is 1.12 bits per heavy atom. The van der Waals surface area contributed by atoms with Crippen molar-refractivity contribution in [2.75, 3.05) is 6.61 Å². The van der Waals surface area contributed by atoms with Crippen molar-refractivity contribution in [1.29, 1.82) is 0 Å². The van der Waals surface area contributed by atoms with Crippen molar-refractivity contribution >= 4 is 5.91 Å². The highest BCUT2D eigenvalue weighted by Gasteiger charge is 2.20. The van der Waals surface area contributed by atoms with Crippen LogP contribution in [0.2, 0.25) is 0 Å². The number of allylic oxidation sites excluding steroid dienone is 7. The van der Waals surface area contributed by atoms with Gasteiger partial charge in [-0.2, -0.15) is 0 Å². The van der Waals surface area contributed by atoms with Gasteiger partial charge in [0.2, 0.25) is 5.91 Å². The average Bonchev–Trinajstić information content (AvgIpc) is 2.98. The Hall–Kier alpha value is -1.69. The van der Waals surface area contributed by atoms with E-state index in [4.69, 9.17) is 0 Å². The number of nitrogens with one attached hydrogen (secondary N) is 1.